The summed E-state index contributed by atoms with van der Waals surface area (Å²) in [7, 11) is 0. The first-order valence-electron chi connectivity index (χ1n) is 6.04. The summed E-state index contributed by atoms with van der Waals surface area (Å²) < 4.78 is 2.23. The second kappa shape index (κ2) is 4.63. The van der Waals surface area contributed by atoms with Gasteiger partial charge < -0.3 is 10.3 Å². The fourth-order valence-electron chi connectivity index (χ4n) is 2.29. The van der Waals surface area contributed by atoms with Crippen LogP contribution in [0, 0.1) is 0 Å². The third kappa shape index (κ3) is 1.89. The Bertz CT molecular complexity index is 656. The van der Waals surface area contributed by atoms with E-state index in [2.05, 4.69) is 46.1 Å². The highest BCUT2D eigenvalue weighted by Gasteiger charge is 2.04. The van der Waals surface area contributed by atoms with Gasteiger partial charge in [0, 0.05) is 42.6 Å². The molecule has 0 fully saturated rings. The lowest BCUT2D eigenvalue weighted by molar-refractivity contribution is 0.831. The van der Waals surface area contributed by atoms with Gasteiger partial charge in [0.05, 0.1) is 0 Å². The Morgan fingerprint density at radius 1 is 1.11 bits per heavy atom. The van der Waals surface area contributed by atoms with Crippen molar-refractivity contribution in [1.29, 1.82) is 0 Å². The van der Waals surface area contributed by atoms with Gasteiger partial charge in [-0.1, -0.05) is 18.2 Å². The summed E-state index contributed by atoms with van der Waals surface area (Å²) in [6.45, 7) is 1.42. The monoisotopic (exact) mass is 237 g/mol. The van der Waals surface area contributed by atoms with Crippen molar-refractivity contribution < 1.29 is 0 Å². The second-order valence-corrected chi connectivity index (χ2v) is 4.36. The molecule has 2 aromatic heterocycles. The number of pyridine rings is 1. The maximum Gasteiger partial charge on any atom is 0.0491 e. The molecule has 2 N–H and O–H groups in total. The molecule has 0 bridgehead atoms. The predicted molar refractivity (Wildman–Crippen MR) is 73.2 cm³/mol. The van der Waals surface area contributed by atoms with Gasteiger partial charge in [0.2, 0.25) is 0 Å². The number of rotatable bonds is 3. The first-order chi connectivity index (χ1) is 8.88. The van der Waals surface area contributed by atoms with Crippen LogP contribution in [0.1, 0.15) is 11.1 Å². The van der Waals surface area contributed by atoms with Gasteiger partial charge in [-0.05, 0) is 29.3 Å². The highest BCUT2D eigenvalue weighted by molar-refractivity contribution is 5.83. The predicted octanol–water partition coefficient (Wildman–Crippen LogP) is 2.54. The number of aromatic nitrogens is 2. The summed E-state index contributed by atoms with van der Waals surface area (Å²) in [5.41, 5.74) is 9.38. The molecule has 0 saturated carbocycles. The van der Waals surface area contributed by atoms with Crippen LogP contribution in [-0.2, 0) is 13.1 Å². The summed E-state index contributed by atoms with van der Waals surface area (Å²) >= 11 is 0. The highest BCUT2D eigenvalue weighted by atomic mass is 15.0. The lowest BCUT2D eigenvalue weighted by Gasteiger charge is -2.06. The van der Waals surface area contributed by atoms with E-state index in [4.69, 9.17) is 5.73 Å². The first kappa shape index (κ1) is 11.0. The molecule has 0 unspecified atom stereocenters. The number of benzene rings is 1. The number of hydrogen-bond acceptors (Lipinski definition) is 2. The lowest BCUT2D eigenvalue weighted by Crippen LogP contribution is -1.99. The fraction of sp³-hybridized carbons (Fsp3) is 0.133. The summed E-state index contributed by atoms with van der Waals surface area (Å²) in [6, 6.07) is 12.5. The van der Waals surface area contributed by atoms with Crippen LogP contribution in [-0.4, -0.2) is 9.55 Å². The average Bonchev–Trinajstić information content (AvgIpc) is 2.83. The smallest absolute Gasteiger partial charge is 0.0491 e. The van der Waals surface area contributed by atoms with E-state index in [9.17, 15) is 0 Å². The Labute approximate surface area is 106 Å². The number of nitrogens with two attached hydrogens (primary N) is 1. The molecule has 3 aromatic rings. The highest BCUT2D eigenvalue weighted by Crippen LogP contribution is 2.20. The molecule has 0 aliphatic heterocycles. The van der Waals surface area contributed by atoms with Gasteiger partial charge in [0.15, 0.2) is 0 Å². The van der Waals surface area contributed by atoms with Crippen molar-refractivity contribution in [3.8, 4) is 0 Å². The summed E-state index contributed by atoms with van der Waals surface area (Å²) in [6.07, 6.45) is 5.80. The zero-order valence-electron chi connectivity index (χ0n) is 10.1. The van der Waals surface area contributed by atoms with E-state index in [1.54, 1.807) is 6.20 Å². The Balaban J connectivity index is 2.03. The number of nitrogens with zero attached hydrogens (tertiary/aromatic N) is 2. The van der Waals surface area contributed by atoms with Crippen molar-refractivity contribution in [2.24, 2.45) is 5.73 Å². The molecular formula is C15H15N3. The van der Waals surface area contributed by atoms with Gasteiger partial charge >= 0.3 is 0 Å². The summed E-state index contributed by atoms with van der Waals surface area (Å²) in [4.78, 5) is 4.15. The fourth-order valence-corrected chi connectivity index (χ4v) is 2.29. The van der Waals surface area contributed by atoms with Crippen LogP contribution in [0.25, 0.3) is 10.9 Å². The third-order valence-corrected chi connectivity index (χ3v) is 3.20. The van der Waals surface area contributed by atoms with Crippen LogP contribution < -0.4 is 5.73 Å². The molecule has 0 spiro atoms. The molecule has 1 aromatic carbocycles. The first-order valence-corrected chi connectivity index (χ1v) is 6.04. The Morgan fingerprint density at radius 2 is 2.06 bits per heavy atom. The van der Waals surface area contributed by atoms with Gasteiger partial charge in [0.1, 0.15) is 0 Å². The Hall–Kier alpha value is -2.13. The molecule has 0 atom stereocenters. The minimum Gasteiger partial charge on any atom is -0.343 e. The summed E-state index contributed by atoms with van der Waals surface area (Å²) in [5.74, 6) is 0. The van der Waals surface area contributed by atoms with Gasteiger partial charge in [-0.2, -0.15) is 0 Å². The molecule has 0 aliphatic rings. The quantitative estimate of drug-likeness (QED) is 0.760. The Kier molecular flexibility index (Phi) is 2.82. The minimum atomic E-state index is 0.578. The van der Waals surface area contributed by atoms with Crippen LogP contribution in [0.2, 0.25) is 0 Å². The molecule has 90 valence electrons. The third-order valence-electron chi connectivity index (χ3n) is 3.20. The maximum atomic E-state index is 5.76. The standard InChI is InChI=1S/C15H15N3/c16-9-13-4-1-5-15-14(13)6-8-18(15)11-12-3-2-7-17-10-12/h1-8,10H,9,11,16H2. The van der Waals surface area contributed by atoms with Crippen molar-refractivity contribution in [1.82, 2.24) is 9.55 Å². The lowest BCUT2D eigenvalue weighted by atomic mass is 10.1. The van der Waals surface area contributed by atoms with Gasteiger partial charge in [-0.3, -0.25) is 4.98 Å². The second-order valence-electron chi connectivity index (χ2n) is 4.36. The van der Waals surface area contributed by atoms with Crippen molar-refractivity contribution in [3.63, 3.8) is 0 Å². The van der Waals surface area contributed by atoms with Crippen LogP contribution >= 0.6 is 0 Å². The molecule has 2 heterocycles. The van der Waals surface area contributed by atoms with Crippen LogP contribution in [0.3, 0.4) is 0 Å². The van der Waals surface area contributed by atoms with E-state index in [0.29, 0.717) is 6.54 Å². The van der Waals surface area contributed by atoms with Crippen LogP contribution in [0.4, 0.5) is 0 Å². The Morgan fingerprint density at radius 3 is 2.83 bits per heavy atom. The maximum absolute atomic E-state index is 5.76. The zero-order valence-corrected chi connectivity index (χ0v) is 10.1. The van der Waals surface area contributed by atoms with Crippen LogP contribution in [0.5, 0.6) is 0 Å². The van der Waals surface area contributed by atoms with Crippen LogP contribution in [0.15, 0.2) is 55.0 Å². The minimum absolute atomic E-state index is 0.578. The van der Waals surface area contributed by atoms with Gasteiger partial charge in [-0.15, -0.1) is 0 Å². The van der Waals surface area contributed by atoms with Gasteiger partial charge in [0.25, 0.3) is 0 Å². The number of hydrogen-bond donors (Lipinski definition) is 1. The van der Waals surface area contributed by atoms with E-state index in [1.165, 1.54) is 22.0 Å². The molecule has 0 aliphatic carbocycles. The van der Waals surface area contributed by atoms with Gasteiger partial charge in [-0.25, -0.2) is 0 Å². The largest absolute Gasteiger partial charge is 0.343 e. The molecule has 0 radical (unpaired) electrons. The molecule has 0 amide bonds. The molecule has 18 heavy (non-hydrogen) atoms. The van der Waals surface area contributed by atoms with Crippen molar-refractivity contribution in [3.05, 3.63) is 66.1 Å². The molecule has 3 nitrogen and oxygen atoms in total. The van der Waals surface area contributed by atoms with E-state index in [0.717, 1.165) is 6.54 Å². The van der Waals surface area contributed by atoms with E-state index in [-0.39, 0.29) is 0 Å². The van der Waals surface area contributed by atoms with E-state index >= 15 is 0 Å². The SMILES string of the molecule is NCc1cccc2c1ccn2Cc1cccnc1. The molecule has 3 rings (SSSR count). The number of fused-ring (bicyclic) bond motifs is 1. The summed E-state index contributed by atoms with van der Waals surface area (Å²) in [5, 5.41) is 1.24. The topological polar surface area (TPSA) is 43.8 Å². The molecule has 3 heteroatoms. The van der Waals surface area contributed by atoms with Crippen molar-refractivity contribution in [2.75, 3.05) is 0 Å². The van der Waals surface area contributed by atoms with E-state index in [1.807, 2.05) is 12.3 Å². The van der Waals surface area contributed by atoms with Crippen molar-refractivity contribution >= 4 is 10.9 Å². The molecular weight excluding hydrogens is 222 g/mol. The molecule has 0 saturated heterocycles. The van der Waals surface area contributed by atoms with Crippen molar-refractivity contribution in [2.45, 2.75) is 13.1 Å². The average molecular weight is 237 g/mol. The normalized spacial score (nSPS) is 10.9. The van der Waals surface area contributed by atoms with E-state index < -0.39 is 0 Å². The zero-order chi connectivity index (χ0) is 12.4.